The Bertz CT molecular complexity index is 709. The average Bonchev–Trinajstić information content (AvgIpc) is 2.59. The molecule has 0 saturated heterocycles. The maximum Gasteiger partial charge on any atom is 0.317 e. The summed E-state index contributed by atoms with van der Waals surface area (Å²) in [6.45, 7) is 2.70. The summed E-state index contributed by atoms with van der Waals surface area (Å²) in [5.41, 5.74) is 1.80. The van der Waals surface area contributed by atoms with Crippen molar-refractivity contribution in [3.05, 3.63) is 47.5 Å². The first kappa shape index (κ1) is 18.1. The van der Waals surface area contributed by atoms with Gasteiger partial charge in [0.05, 0.1) is 19.3 Å². The van der Waals surface area contributed by atoms with Crippen molar-refractivity contribution in [1.29, 1.82) is 0 Å². The van der Waals surface area contributed by atoms with E-state index >= 15 is 0 Å². The van der Waals surface area contributed by atoms with E-state index < -0.39 is 0 Å². The third-order valence-corrected chi connectivity index (χ3v) is 4.25. The lowest BCUT2D eigenvalue weighted by Crippen LogP contribution is -2.36. The number of nitrogens with zero attached hydrogens (tertiary/aromatic N) is 3. The number of nitrogens with one attached hydrogen (secondary N) is 1. The Kier molecular flexibility index (Phi) is 6.43. The molecule has 0 spiro atoms. The summed E-state index contributed by atoms with van der Waals surface area (Å²) in [5.74, 6) is 1.52. The summed E-state index contributed by atoms with van der Waals surface area (Å²) in [6.07, 6.45) is 3.69. The van der Waals surface area contributed by atoms with E-state index in [2.05, 4.69) is 15.3 Å². The Morgan fingerprint density at radius 2 is 2.17 bits per heavy atom. The second-order valence-corrected chi connectivity index (χ2v) is 6.15. The van der Waals surface area contributed by atoms with Crippen LogP contribution in [0.15, 0.2) is 35.4 Å². The molecular formula is C17H22N4O2S. The Morgan fingerprint density at radius 3 is 2.83 bits per heavy atom. The van der Waals surface area contributed by atoms with Gasteiger partial charge in [0.2, 0.25) is 0 Å². The van der Waals surface area contributed by atoms with E-state index in [1.165, 1.54) is 0 Å². The predicted molar refractivity (Wildman–Crippen MR) is 95.2 cm³/mol. The predicted octanol–water partition coefficient (Wildman–Crippen LogP) is 2.86. The molecule has 1 aromatic heterocycles. The molecule has 0 radical (unpaired) electrons. The van der Waals surface area contributed by atoms with Crippen LogP contribution in [0.25, 0.3) is 0 Å². The molecule has 24 heavy (non-hydrogen) atoms. The Labute approximate surface area is 146 Å². The summed E-state index contributed by atoms with van der Waals surface area (Å²) >= 11 is 1.63. The van der Waals surface area contributed by atoms with Crippen LogP contribution >= 0.6 is 11.8 Å². The molecule has 2 aromatic rings. The van der Waals surface area contributed by atoms with Gasteiger partial charge in [0.15, 0.2) is 0 Å². The number of benzene rings is 1. The van der Waals surface area contributed by atoms with Gasteiger partial charge in [-0.25, -0.2) is 14.8 Å². The molecule has 0 unspecified atom stereocenters. The smallest absolute Gasteiger partial charge is 0.317 e. The minimum absolute atomic E-state index is 0.154. The van der Waals surface area contributed by atoms with Gasteiger partial charge in [-0.2, -0.15) is 0 Å². The lowest BCUT2D eigenvalue weighted by molar-refractivity contribution is 0.206. The molecule has 0 saturated carbocycles. The summed E-state index contributed by atoms with van der Waals surface area (Å²) < 4.78 is 5.38. The number of rotatable bonds is 6. The third kappa shape index (κ3) is 4.86. The molecule has 0 aliphatic carbocycles. The minimum atomic E-state index is -0.154. The molecule has 1 aromatic carbocycles. The van der Waals surface area contributed by atoms with Gasteiger partial charge in [0.1, 0.15) is 11.6 Å². The second kappa shape index (κ2) is 8.54. The molecule has 0 aliphatic heterocycles. The number of hydrogen-bond acceptors (Lipinski definition) is 5. The minimum Gasteiger partial charge on any atom is -0.496 e. The summed E-state index contributed by atoms with van der Waals surface area (Å²) in [5, 5.41) is 2.86. The van der Waals surface area contributed by atoms with Crippen molar-refractivity contribution < 1.29 is 9.53 Å². The van der Waals surface area contributed by atoms with Crippen molar-refractivity contribution in [2.24, 2.45) is 0 Å². The molecule has 6 nitrogen and oxygen atoms in total. The highest BCUT2D eigenvalue weighted by Gasteiger charge is 2.11. The highest BCUT2D eigenvalue weighted by atomic mass is 32.2. The largest absolute Gasteiger partial charge is 0.496 e. The number of thioether (sulfide) groups is 1. The highest BCUT2D eigenvalue weighted by molar-refractivity contribution is 7.98. The lowest BCUT2D eigenvalue weighted by Gasteiger charge is -2.19. The topological polar surface area (TPSA) is 67.3 Å². The van der Waals surface area contributed by atoms with Crippen LogP contribution in [-0.2, 0) is 13.1 Å². The van der Waals surface area contributed by atoms with Crippen molar-refractivity contribution >= 4 is 17.8 Å². The molecule has 128 valence electrons. The number of carbonyl (C=O) groups is 1. The number of hydrogen-bond donors (Lipinski definition) is 1. The van der Waals surface area contributed by atoms with Crippen molar-refractivity contribution in [2.75, 3.05) is 20.4 Å². The third-order valence-electron chi connectivity index (χ3n) is 3.47. The monoisotopic (exact) mass is 346 g/mol. The van der Waals surface area contributed by atoms with Crippen LogP contribution in [0, 0.1) is 6.92 Å². The average molecular weight is 346 g/mol. The zero-order valence-electron chi connectivity index (χ0n) is 14.4. The number of aromatic nitrogens is 2. The van der Waals surface area contributed by atoms with E-state index in [-0.39, 0.29) is 6.03 Å². The summed E-state index contributed by atoms with van der Waals surface area (Å²) in [4.78, 5) is 23.2. The summed E-state index contributed by atoms with van der Waals surface area (Å²) in [6, 6.07) is 7.61. The number of carbonyl (C=O) groups excluding carboxylic acids is 1. The van der Waals surface area contributed by atoms with E-state index in [4.69, 9.17) is 4.74 Å². The van der Waals surface area contributed by atoms with E-state index in [1.807, 2.05) is 31.4 Å². The van der Waals surface area contributed by atoms with Gasteiger partial charge in [-0.15, -0.1) is 11.8 Å². The zero-order valence-corrected chi connectivity index (χ0v) is 15.2. The van der Waals surface area contributed by atoms with Crippen molar-refractivity contribution in [2.45, 2.75) is 24.9 Å². The standard InChI is InChI=1S/C17H22N4O2S/c1-12-18-8-7-14(20-12)10-19-17(22)21(2)11-13-5-6-16(24-4)15(9-13)23-3/h5-9H,10-11H2,1-4H3,(H,19,22). The fourth-order valence-corrected chi connectivity index (χ4v) is 2.78. The number of ether oxygens (including phenoxy) is 1. The van der Waals surface area contributed by atoms with Crippen LogP contribution in [0.4, 0.5) is 4.79 Å². The van der Waals surface area contributed by atoms with Gasteiger partial charge in [-0.3, -0.25) is 0 Å². The molecular weight excluding hydrogens is 324 g/mol. The van der Waals surface area contributed by atoms with Gasteiger partial charge >= 0.3 is 6.03 Å². The van der Waals surface area contributed by atoms with E-state index in [9.17, 15) is 4.79 Å². The number of methoxy groups -OCH3 is 1. The van der Waals surface area contributed by atoms with Crippen LogP contribution in [-0.4, -0.2) is 41.3 Å². The number of aryl methyl sites for hydroxylation is 1. The highest BCUT2D eigenvalue weighted by Crippen LogP contribution is 2.28. The van der Waals surface area contributed by atoms with Crippen molar-refractivity contribution in [3.63, 3.8) is 0 Å². The fraction of sp³-hybridized carbons (Fsp3) is 0.353. The number of urea groups is 1. The van der Waals surface area contributed by atoms with E-state index in [1.54, 1.807) is 43.1 Å². The molecule has 1 N–H and O–H groups in total. The first-order valence-electron chi connectivity index (χ1n) is 7.52. The zero-order chi connectivity index (χ0) is 17.5. The Hall–Kier alpha value is -2.28. The Balaban J connectivity index is 1.93. The van der Waals surface area contributed by atoms with Gasteiger partial charge in [-0.1, -0.05) is 6.07 Å². The van der Waals surface area contributed by atoms with Gasteiger partial charge < -0.3 is 15.0 Å². The van der Waals surface area contributed by atoms with E-state index in [0.717, 1.165) is 21.9 Å². The van der Waals surface area contributed by atoms with Crippen molar-refractivity contribution in [1.82, 2.24) is 20.2 Å². The number of amides is 2. The molecule has 0 aliphatic rings. The van der Waals surface area contributed by atoms with Crippen LogP contribution in [0.5, 0.6) is 5.75 Å². The molecule has 0 atom stereocenters. The van der Waals surface area contributed by atoms with Gasteiger partial charge in [0, 0.05) is 24.7 Å². The van der Waals surface area contributed by atoms with Gasteiger partial charge in [0.25, 0.3) is 0 Å². The Morgan fingerprint density at radius 1 is 1.38 bits per heavy atom. The SMILES string of the molecule is COc1cc(CN(C)C(=O)NCc2ccnc(C)n2)ccc1SC. The maximum absolute atomic E-state index is 12.2. The van der Waals surface area contributed by atoms with E-state index in [0.29, 0.717) is 18.9 Å². The molecule has 0 fully saturated rings. The molecule has 2 rings (SSSR count). The normalized spacial score (nSPS) is 10.3. The molecule has 1 heterocycles. The molecule has 7 heteroatoms. The first-order chi connectivity index (χ1) is 11.5. The van der Waals surface area contributed by atoms with Crippen LogP contribution in [0.2, 0.25) is 0 Å². The van der Waals surface area contributed by atoms with Crippen LogP contribution in [0.1, 0.15) is 17.1 Å². The first-order valence-corrected chi connectivity index (χ1v) is 8.74. The molecule has 0 bridgehead atoms. The quantitative estimate of drug-likeness (QED) is 0.815. The molecule has 2 amide bonds. The fourth-order valence-electron chi connectivity index (χ4n) is 2.23. The van der Waals surface area contributed by atoms with Crippen molar-refractivity contribution in [3.8, 4) is 5.75 Å². The second-order valence-electron chi connectivity index (χ2n) is 5.30. The summed E-state index contributed by atoms with van der Waals surface area (Å²) in [7, 11) is 3.41. The maximum atomic E-state index is 12.2. The van der Waals surface area contributed by atoms with Crippen LogP contribution in [0.3, 0.4) is 0 Å². The van der Waals surface area contributed by atoms with Crippen LogP contribution < -0.4 is 10.1 Å². The van der Waals surface area contributed by atoms with Gasteiger partial charge in [-0.05, 0) is 36.9 Å². The lowest BCUT2D eigenvalue weighted by atomic mass is 10.2.